The van der Waals surface area contributed by atoms with Gasteiger partial charge >= 0.3 is 5.97 Å². The Bertz CT molecular complexity index is 1010. The van der Waals surface area contributed by atoms with Crippen LogP contribution in [0.15, 0.2) is 4.90 Å². The third-order valence-electron chi connectivity index (χ3n) is 5.64. The maximum absolute atomic E-state index is 12.8. The molecule has 2 aromatic rings. The van der Waals surface area contributed by atoms with Crippen LogP contribution in [0.2, 0.25) is 0 Å². The fourth-order valence-corrected chi connectivity index (χ4v) is 4.98. The van der Waals surface area contributed by atoms with Crippen LogP contribution in [-0.2, 0) is 26.2 Å². The van der Waals surface area contributed by atoms with E-state index in [1.54, 1.807) is 4.68 Å². The van der Waals surface area contributed by atoms with E-state index >= 15 is 0 Å². The van der Waals surface area contributed by atoms with Crippen molar-refractivity contribution in [1.29, 1.82) is 0 Å². The minimum Gasteiger partial charge on any atom is -0.457 e. The summed E-state index contributed by atoms with van der Waals surface area (Å²) in [7, 11) is -3.74. The van der Waals surface area contributed by atoms with Gasteiger partial charge < -0.3 is 4.74 Å². The maximum atomic E-state index is 12.8. The summed E-state index contributed by atoms with van der Waals surface area (Å²) >= 11 is 0. The van der Waals surface area contributed by atoms with E-state index in [4.69, 9.17) is 4.74 Å². The number of carbonyl (C=O) groups excluding carboxylic acids is 1. The molecule has 3 rings (SSSR count). The molecular weight excluding hydrogens is 394 g/mol. The Morgan fingerprint density at radius 1 is 1.07 bits per heavy atom. The van der Waals surface area contributed by atoms with Gasteiger partial charge in [0.15, 0.2) is 12.4 Å². The molecule has 9 nitrogen and oxygen atoms in total. The second-order valence-electron chi connectivity index (χ2n) is 7.53. The van der Waals surface area contributed by atoms with E-state index in [0.717, 1.165) is 40.7 Å². The lowest BCUT2D eigenvalue weighted by Crippen LogP contribution is -2.28. The highest BCUT2D eigenvalue weighted by Gasteiger charge is 2.28. The Morgan fingerprint density at radius 2 is 1.66 bits per heavy atom. The molecule has 1 aromatic carbocycles. The fraction of sp³-hybridized carbons (Fsp3) is 0.579. The molecule has 0 amide bonds. The van der Waals surface area contributed by atoms with Gasteiger partial charge in [-0.2, -0.15) is 0 Å². The summed E-state index contributed by atoms with van der Waals surface area (Å²) in [6.45, 7) is 9.38. The second-order valence-corrected chi connectivity index (χ2v) is 9.24. The Morgan fingerprint density at radius 3 is 2.24 bits per heavy atom. The molecule has 1 fully saturated rings. The molecule has 10 heteroatoms. The highest BCUT2D eigenvalue weighted by molar-refractivity contribution is 7.89. The van der Waals surface area contributed by atoms with Gasteiger partial charge in [-0.05, 0) is 85.7 Å². The van der Waals surface area contributed by atoms with E-state index in [9.17, 15) is 13.2 Å². The molecular formula is C19H27N5O4S. The van der Waals surface area contributed by atoms with Gasteiger partial charge in [0, 0.05) is 6.54 Å². The highest BCUT2D eigenvalue weighted by Crippen LogP contribution is 2.34. The monoisotopic (exact) mass is 421 g/mol. The topological polar surface area (TPSA) is 116 Å². The van der Waals surface area contributed by atoms with Gasteiger partial charge in [-0.15, -0.1) is 5.10 Å². The van der Waals surface area contributed by atoms with Crippen LogP contribution in [0.25, 0.3) is 0 Å². The first-order chi connectivity index (χ1) is 13.6. The lowest BCUT2D eigenvalue weighted by molar-refractivity contribution is -0.145. The molecule has 29 heavy (non-hydrogen) atoms. The summed E-state index contributed by atoms with van der Waals surface area (Å²) in [5, 5.41) is 11.4. The van der Waals surface area contributed by atoms with Gasteiger partial charge in [-0.1, -0.05) is 0 Å². The molecule has 1 N–H and O–H groups in total. The van der Waals surface area contributed by atoms with Gasteiger partial charge in [0.25, 0.3) is 0 Å². The first-order valence-corrected chi connectivity index (χ1v) is 11.1. The number of aromatic nitrogens is 4. The van der Waals surface area contributed by atoms with Crippen molar-refractivity contribution in [2.45, 2.75) is 71.4 Å². The predicted molar refractivity (Wildman–Crippen MR) is 106 cm³/mol. The quantitative estimate of drug-likeness (QED) is 0.648. The molecule has 0 atom stereocenters. The Hall–Kier alpha value is -2.33. The summed E-state index contributed by atoms with van der Waals surface area (Å²) in [6, 6.07) is 0.290. The molecule has 0 saturated heterocycles. The summed E-state index contributed by atoms with van der Waals surface area (Å²) < 4.78 is 35.1. The number of rotatable bonds is 8. The molecule has 1 heterocycles. The van der Waals surface area contributed by atoms with Crippen molar-refractivity contribution in [3.05, 3.63) is 33.6 Å². The first kappa shape index (κ1) is 21.4. The number of nitrogens with one attached hydrogen (secondary N) is 1. The van der Waals surface area contributed by atoms with E-state index in [1.807, 2.05) is 34.6 Å². The largest absolute Gasteiger partial charge is 0.457 e. The lowest BCUT2D eigenvalue weighted by Gasteiger charge is -2.19. The number of nitrogens with zero attached hydrogens (tertiary/aromatic N) is 4. The van der Waals surface area contributed by atoms with Crippen molar-refractivity contribution in [3.8, 4) is 0 Å². The Labute approximate surface area is 170 Å². The Kier molecular flexibility index (Phi) is 6.04. The number of benzene rings is 1. The number of tetrazole rings is 1. The van der Waals surface area contributed by atoms with E-state index in [0.29, 0.717) is 11.9 Å². The molecule has 1 aromatic heterocycles. The number of hydrogen-bond acceptors (Lipinski definition) is 7. The van der Waals surface area contributed by atoms with Crippen LogP contribution in [0.3, 0.4) is 0 Å². The van der Waals surface area contributed by atoms with Crippen molar-refractivity contribution in [1.82, 2.24) is 24.9 Å². The molecule has 0 aliphatic heterocycles. The number of esters is 1. The molecule has 0 bridgehead atoms. The van der Waals surface area contributed by atoms with Crippen LogP contribution in [0.4, 0.5) is 0 Å². The van der Waals surface area contributed by atoms with Crippen LogP contribution >= 0.6 is 0 Å². The number of sulfonamides is 1. The van der Waals surface area contributed by atoms with Crippen LogP contribution < -0.4 is 4.72 Å². The standard InChI is InChI=1S/C19H27N5O4S/c1-11-12(2)14(4)19(15(5)13(11)3)29(26,27)20-9-8-18(25)28-10-17-21-22-23-24(17)16-6-7-16/h16,20H,6-10H2,1-5H3. The molecule has 1 aliphatic rings. The Balaban J connectivity index is 1.58. The molecule has 0 radical (unpaired) electrons. The summed E-state index contributed by atoms with van der Waals surface area (Å²) in [6.07, 6.45) is 1.96. The van der Waals surface area contributed by atoms with Crippen molar-refractivity contribution >= 4 is 16.0 Å². The zero-order chi connectivity index (χ0) is 21.3. The van der Waals surface area contributed by atoms with Gasteiger partial charge in [-0.25, -0.2) is 17.8 Å². The van der Waals surface area contributed by atoms with Crippen molar-refractivity contribution in [2.75, 3.05) is 6.54 Å². The minimum atomic E-state index is -3.74. The maximum Gasteiger partial charge on any atom is 0.307 e. The van der Waals surface area contributed by atoms with Gasteiger partial charge in [0.05, 0.1) is 17.4 Å². The first-order valence-electron chi connectivity index (χ1n) is 9.62. The normalized spacial score (nSPS) is 14.2. The van der Waals surface area contributed by atoms with Crippen LogP contribution in [-0.4, -0.2) is 41.1 Å². The zero-order valence-electron chi connectivity index (χ0n) is 17.4. The number of carbonyl (C=O) groups is 1. The van der Waals surface area contributed by atoms with E-state index in [-0.39, 0.29) is 24.5 Å². The number of ether oxygens (including phenoxy) is 1. The molecule has 0 unspecified atom stereocenters. The highest BCUT2D eigenvalue weighted by atomic mass is 32.2. The van der Waals surface area contributed by atoms with Crippen molar-refractivity contribution in [3.63, 3.8) is 0 Å². The lowest BCUT2D eigenvalue weighted by atomic mass is 9.95. The van der Waals surface area contributed by atoms with Crippen molar-refractivity contribution in [2.24, 2.45) is 0 Å². The SMILES string of the molecule is Cc1c(C)c(C)c(S(=O)(=O)NCCC(=O)OCc2nnnn2C2CC2)c(C)c1C. The summed E-state index contributed by atoms with van der Waals surface area (Å²) in [5.74, 6) is -0.0129. The molecule has 158 valence electrons. The summed E-state index contributed by atoms with van der Waals surface area (Å²) in [4.78, 5) is 12.3. The van der Waals surface area contributed by atoms with Gasteiger partial charge in [-0.3, -0.25) is 4.79 Å². The minimum absolute atomic E-state index is 0.0242. The summed E-state index contributed by atoms with van der Waals surface area (Å²) in [5.41, 5.74) is 4.47. The third-order valence-corrected chi connectivity index (χ3v) is 7.37. The third kappa shape index (κ3) is 4.48. The second kappa shape index (κ2) is 8.19. The predicted octanol–water partition coefficient (Wildman–Crippen LogP) is 1.96. The molecule has 1 saturated carbocycles. The van der Waals surface area contributed by atoms with E-state index in [2.05, 4.69) is 20.2 Å². The molecule has 1 aliphatic carbocycles. The smallest absolute Gasteiger partial charge is 0.307 e. The van der Waals surface area contributed by atoms with Gasteiger partial charge in [0.1, 0.15) is 0 Å². The zero-order valence-corrected chi connectivity index (χ0v) is 18.3. The fourth-order valence-electron chi connectivity index (χ4n) is 3.36. The molecule has 0 spiro atoms. The van der Waals surface area contributed by atoms with Crippen molar-refractivity contribution < 1.29 is 17.9 Å². The van der Waals surface area contributed by atoms with Crippen LogP contribution in [0.1, 0.15) is 58.9 Å². The number of hydrogen-bond donors (Lipinski definition) is 1. The van der Waals surface area contributed by atoms with Crippen LogP contribution in [0, 0.1) is 34.6 Å². The van der Waals surface area contributed by atoms with E-state index in [1.165, 1.54) is 0 Å². The van der Waals surface area contributed by atoms with Gasteiger partial charge in [0.2, 0.25) is 10.0 Å². The van der Waals surface area contributed by atoms with Crippen LogP contribution in [0.5, 0.6) is 0 Å². The van der Waals surface area contributed by atoms with E-state index < -0.39 is 16.0 Å². The average molecular weight is 422 g/mol. The average Bonchev–Trinajstić information content (AvgIpc) is 3.40.